The van der Waals surface area contributed by atoms with Crippen LogP contribution in [0.5, 0.6) is 0 Å². The Hall–Kier alpha value is -3.85. The molecule has 2 atom stereocenters. The second kappa shape index (κ2) is 14.3. The average molecular weight is 627 g/mol. The van der Waals surface area contributed by atoms with E-state index in [1.54, 1.807) is 44.7 Å². The van der Waals surface area contributed by atoms with Crippen LogP contribution in [-0.4, -0.2) is 77.3 Å². The number of piperidine rings is 1. The number of anilines is 1. The Morgan fingerprint density at radius 2 is 1.43 bits per heavy atom. The number of ether oxygens (including phenoxy) is 1. The number of carboxylic acid groups (broad SMARTS) is 1. The maximum atomic E-state index is 14.2. The summed E-state index contributed by atoms with van der Waals surface area (Å²) in [5.74, 6) is -1.35. The Balaban J connectivity index is 1.19. The summed E-state index contributed by atoms with van der Waals surface area (Å²) in [7, 11) is 0. The normalized spacial score (nSPS) is 20.2. The number of imide groups is 1. The maximum absolute atomic E-state index is 14.2. The topological polar surface area (TPSA) is 87.2 Å². The van der Waals surface area contributed by atoms with Crippen molar-refractivity contribution < 1.29 is 28.7 Å². The highest BCUT2D eigenvalue weighted by Gasteiger charge is 2.60. The van der Waals surface area contributed by atoms with Crippen LogP contribution in [0.2, 0.25) is 0 Å². The number of carbonyl (C=O) groups excluding carboxylic acids is 2. The molecule has 244 valence electrons. The zero-order valence-corrected chi connectivity index (χ0v) is 27.6. The highest BCUT2D eigenvalue weighted by Crippen LogP contribution is 2.40. The number of urea groups is 1. The lowest BCUT2D eigenvalue weighted by Gasteiger charge is -2.47. The van der Waals surface area contributed by atoms with E-state index in [2.05, 4.69) is 53.4 Å². The fraction of sp³-hybridized carbons (Fsp3) is 0.447. The fourth-order valence-electron chi connectivity index (χ4n) is 7.02. The van der Waals surface area contributed by atoms with Gasteiger partial charge in [-0.2, -0.15) is 4.48 Å². The molecule has 8 heteroatoms. The molecule has 3 aromatic carbocycles. The number of rotatable bonds is 13. The minimum absolute atomic E-state index is 0.0896. The first-order valence-electron chi connectivity index (χ1n) is 16.7. The molecule has 46 heavy (non-hydrogen) atoms. The average Bonchev–Trinajstić information content (AvgIpc) is 3.08. The zero-order chi connectivity index (χ0) is 32.9. The molecule has 0 bridgehead atoms. The number of benzene rings is 3. The SMILES string of the molecule is CC[N+]1(C(C)C(C)(C)C(=O)O)C(=O)c2ccccc2N(CCCCN2CCC(OC(c3ccccc3)c3ccccc3)CC2)C1=O. The van der Waals surface area contributed by atoms with E-state index in [0.717, 1.165) is 45.3 Å². The summed E-state index contributed by atoms with van der Waals surface area (Å²) in [6, 6.07) is 27.0. The highest BCUT2D eigenvalue weighted by molar-refractivity contribution is 6.10. The molecular formula is C38H48N3O5+. The monoisotopic (exact) mass is 626 g/mol. The number of nitrogens with zero attached hydrogens (tertiary/aromatic N) is 3. The number of carbonyl (C=O) groups is 3. The van der Waals surface area contributed by atoms with Gasteiger partial charge in [0.05, 0.1) is 18.3 Å². The number of likely N-dealkylation sites (tertiary alicyclic amines) is 1. The van der Waals surface area contributed by atoms with Gasteiger partial charge in [0.25, 0.3) is 0 Å². The fourth-order valence-corrected chi connectivity index (χ4v) is 7.02. The minimum Gasteiger partial charge on any atom is -0.481 e. The molecule has 1 N–H and O–H groups in total. The summed E-state index contributed by atoms with van der Waals surface area (Å²) in [6.07, 6.45) is 3.69. The van der Waals surface area contributed by atoms with Crippen molar-refractivity contribution in [3.8, 4) is 0 Å². The van der Waals surface area contributed by atoms with E-state index in [9.17, 15) is 19.5 Å². The molecule has 2 heterocycles. The summed E-state index contributed by atoms with van der Waals surface area (Å²) >= 11 is 0. The second-order valence-corrected chi connectivity index (χ2v) is 13.2. The molecular weight excluding hydrogens is 578 g/mol. The van der Waals surface area contributed by atoms with Gasteiger partial charge >= 0.3 is 17.9 Å². The van der Waals surface area contributed by atoms with E-state index in [-0.39, 0.29) is 30.7 Å². The van der Waals surface area contributed by atoms with Crippen LogP contribution in [0.15, 0.2) is 84.9 Å². The van der Waals surface area contributed by atoms with Gasteiger partial charge < -0.3 is 14.7 Å². The first-order valence-corrected chi connectivity index (χ1v) is 16.7. The second-order valence-electron chi connectivity index (χ2n) is 13.2. The third-order valence-electron chi connectivity index (χ3n) is 10.3. The number of unbranched alkanes of at least 4 members (excludes halogenated alkanes) is 1. The van der Waals surface area contributed by atoms with Crippen molar-refractivity contribution in [2.45, 2.75) is 71.6 Å². The van der Waals surface area contributed by atoms with Gasteiger partial charge in [0.1, 0.15) is 23.1 Å². The zero-order valence-electron chi connectivity index (χ0n) is 27.6. The van der Waals surface area contributed by atoms with Crippen LogP contribution in [0.4, 0.5) is 10.5 Å². The highest BCUT2D eigenvalue weighted by atomic mass is 16.5. The third-order valence-corrected chi connectivity index (χ3v) is 10.3. The molecule has 1 saturated heterocycles. The van der Waals surface area contributed by atoms with Crippen molar-refractivity contribution in [1.82, 2.24) is 4.90 Å². The number of fused-ring (bicyclic) bond motifs is 1. The quantitative estimate of drug-likeness (QED) is 0.160. The van der Waals surface area contributed by atoms with Crippen LogP contribution in [0.3, 0.4) is 0 Å². The molecule has 2 aliphatic heterocycles. The molecule has 8 nitrogen and oxygen atoms in total. The van der Waals surface area contributed by atoms with Crippen molar-refractivity contribution in [2.24, 2.45) is 5.41 Å². The van der Waals surface area contributed by atoms with Crippen molar-refractivity contribution in [3.05, 3.63) is 102 Å². The van der Waals surface area contributed by atoms with E-state index >= 15 is 0 Å². The van der Waals surface area contributed by atoms with E-state index in [4.69, 9.17) is 4.74 Å². The van der Waals surface area contributed by atoms with Crippen molar-refractivity contribution in [3.63, 3.8) is 0 Å². The number of hydrogen-bond acceptors (Lipinski definition) is 5. The summed E-state index contributed by atoms with van der Waals surface area (Å²) < 4.78 is 6.19. The smallest absolute Gasteiger partial charge is 0.431 e. The first kappa shape index (κ1) is 33.5. The Labute approximate surface area is 273 Å². The number of aliphatic carboxylic acids is 1. The predicted molar refractivity (Wildman–Crippen MR) is 180 cm³/mol. The van der Waals surface area contributed by atoms with Gasteiger partial charge in [0.15, 0.2) is 0 Å². The minimum atomic E-state index is -1.28. The van der Waals surface area contributed by atoms with Gasteiger partial charge in [-0.1, -0.05) is 72.8 Å². The van der Waals surface area contributed by atoms with E-state index < -0.39 is 21.9 Å². The van der Waals surface area contributed by atoms with Crippen LogP contribution in [0, 0.1) is 5.41 Å². The molecule has 0 aliphatic carbocycles. The lowest BCUT2D eigenvalue weighted by atomic mass is 9.82. The number of carboxylic acids is 1. The third kappa shape index (κ3) is 6.52. The summed E-state index contributed by atoms with van der Waals surface area (Å²) in [5, 5.41) is 9.99. The number of quaternary nitrogens is 1. The molecule has 0 radical (unpaired) electrons. The van der Waals surface area contributed by atoms with E-state index in [1.165, 1.54) is 11.1 Å². The van der Waals surface area contributed by atoms with Crippen LogP contribution in [0.1, 0.15) is 81.0 Å². The van der Waals surface area contributed by atoms with Crippen LogP contribution in [-0.2, 0) is 9.53 Å². The van der Waals surface area contributed by atoms with E-state index in [1.807, 2.05) is 24.3 Å². The summed E-state index contributed by atoms with van der Waals surface area (Å²) in [4.78, 5) is 44.6. The summed E-state index contributed by atoms with van der Waals surface area (Å²) in [5.41, 5.74) is 2.14. The molecule has 0 spiro atoms. The van der Waals surface area contributed by atoms with Crippen LogP contribution < -0.4 is 4.90 Å². The van der Waals surface area contributed by atoms with Crippen LogP contribution in [0.25, 0.3) is 0 Å². The van der Waals surface area contributed by atoms with Gasteiger partial charge in [0.2, 0.25) is 0 Å². The first-order chi connectivity index (χ1) is 22.1. The van der Waals surface area contributed by atoms with Gasteiger partial charge in [0, 0.05) is 19.6 Å². The van der Waals surface area contributed by atoms with Crippen molar-refractivity contribution >= 4 is 23.6 Å². The molecule has 5 rings (SSSR count). The summed E-state index contributed by atoms with van der Waals surface area (Å²) in [6.45, 7) is 10.2. The van der Waals surface area contributed by atoms with Gasteiger partial charge in [-0.05, 0) is 83.2 Å². The van der Waals surface area contributed by atoms with Crippen molar-refractivity contribution in [1.29, 1.82) is 0 Å². The predicted octanol–water partition coefficient (Wildman–Crippen LogP) is 7.15. The Morgan fingerprint density at radius 1 is 0.891 bits per heavy atom. The molecule has 2 aliphatic rings. The largest absolute Gasteiger partial charge is 0.481 e. The number of amides is 3. The number of para-hydroxylation sites is 1. The van der Waals surface area contributed by atoms with Gasteiger partial charge in [-0.25, -0.2) is 9.59 Å². The van der Waals surface area contributed by atoms with Crippen LogP contribution >= 0.6 is 0 Å². The Kier molecular flexibility index (Phi) is 10.4. The molecule has 0 aromatic heterocycles. The lowest BCUT2D eigenvalue weighted by Crippen LogP contribution is -2.72. The molecule has 3 aromatic rings. The molecule has 0 saturated carbocycles. The Morgan fingerprint density at radius 3 is 2.00 bits per heavy atom. The molecule has 2 unspecified atom stereocenters. The maximum Gasteiger partial charge on any atom is 0.431 e. The molecule has 3 amide bonds. The lowest BCUT2D eigenvalue weighted by molar-refractivity contribution is -0.798. The van der Waals surface area contributed by atoms with Crippen molar-refractivity contribution in [2.75, 3.05) is 37.6 Å². The van der Waals surface area contributed by atoms with E-state index in [0.29, 0.717) is 17.8 Å². The number of hydrogen-bond donors (Lipinski definition) is 1. The molecule has 1 fully saturated rings. The van der Waals surface area contributed by atoms with Gasteiger partial charge in [-0.15, -0.1) is 0 Å². The Bertz CT molecular complexity index is 1460. The van der Waals surface area contributed by atoms with Gasteiger partial charge in [-0.3, -0.25) is 9.69 Å². The standard InChI is InChI=1S/C38H47N3O5/c1-5-41(28(2)38(3,4)36(43)44)35(42)32-20-12-13-21-33(32)40(37(41)45)25-15-14-24-39-26-22-31(23-27-39)46-34(29-16-8-6-9-17-29)30-18-10-7-11-19-30/h6-13,16-21,28,31,34H,5,14-15,22-27H2,1-4H3/p+1.